The summed E-state index contributed by atoms with van der Waals surface area (Å²) in [6, 6.07) is 18.8. The van der Waals surface area contributed by atoms with Crippen molar-refractivity contribution in [1.82, 2.24) is 0 Å². The van der Waals surface area contributed by atoms with Crippen molar-refractivity contribution in [3.05, 3.63) is 77.9 Å². The summed E-state index contributed by atoms with van der Waals surface area (Å²) < 4.78 is 38.8. The zero-order chi connectivity index (χ0) is 23.6. The lowest BCUT2D eigenvalue weighted by molar-refractivity contribution is -0.114. The second-order valence-electron chi connectivity index (χ2n) is 8.19. The molecule has 0 atom stereocenters. The van der Waals surface area contributed by atoms with Crippen LogP contribution in [0.5, 0.6) is 11.5 Å². The van der Waals surface area contributed by atoms with Crippen LogP contribution in [0.3, 0.4) is 0 Å². The number of amides is 1. The van der Waals surface area contributed by atoms with E-state index in [1.165, 1.54) is 0 Å². The van der Waals surface area contributed by atoms with E-state index in [1.54, 1.807) is 54.6 Å². The number of sulfonamides is 1. The fourth-order valence-electron chi connectivity index (χ4n) is 3.48. The number of benzene rings is 3. The second-order valence-corrected chi connectivity index (χ2v) is 10.0. The van der Waals surface area contributed by atoms with Crippen LogP contribution in [0.15, 0.2) is 71.6 Å². The molecule has 0 bridgehead atoms. The van der Waals surface area contributed by atoms with Crippen molar-refractivity contribution in [2.45, 2.75) is 31.6 Å². The normalized spacial score (nSPS) is 12.6. The summed E-state index contributed by atoms with van der Waals surface area (Å²) in [4.78, 5) is 13.0. The number of ether oxygens (including phenoxy) is 2. The number of anilines is 2. The number of rotatable bonds is 7. The highest BCUT2D eigenvalue weighted by atomic mass is 32.2. The molecule has 7 nitrogen and oxygen atoms in total. The lowest BCUT2D eigenvalue weighted by Gasteiger charge is -2.24. The molecule has 0 aromatic heterocycles. The van der Waals surface area contributed by atoms with Crippen LogP contribution in [0.2, 0.25) is 0 Å². The van der Waals surface area contributed by atoms with Crippen LogP contribution in [0.25, 0.3) is 0 Å². The number of carbonyl (C=O) groups is 1. The molecule has 1 N–H and O–H groups in total. The quantitative estimate of drug-likeness (QED) is 0.546. The topological polar surface area (TPSA) is 84.9 Å². The molecule has 1 aliphatic heterocycles. The highest BCUT2D eigenvalue weighted by Gasteiger charge is 2.27. The zero-order valence-electron chi connectivity index (χ0n) is 18.7. The van der Waals surface area contributed by atoms with Gasteiger partial charge in [-0.15, -0.1) is 0 Å². The third-order valence-electron chi connectivity index (χ3n) is 5.40. The molecule has 0 saturated carbocycles. The van der Waals surface area contributed by atoms with Crippen LogP contribution in [0, 0.1) is 6.92 Å². The van der Waals surface area contributed by atoms with Gasteiger partial charge in [0.15, 0.2) is 11.5 Å². The summed E-state index contributed by atoms with van der Waals surface area (Å²) in [5.74, 6) is 0.955. The molecular weight excluding hydrogens is 440 g/mol. The van der Waals surface area contributed by atoms with Gasteiger partial charge in [0.2, 0.25) is 12.7 Å². The highest BCUT2D eigenvalue weighted by Crippen LogP contribution is 2.34. The van der Waals surface area contributed by atoms with E-state index in [0.29, 0.717) is 28.8 Å². The van der Waals surface area contributed by atoms with Gasteiger partial charge >= 0.3 is 0 Å². The highest BCUT2D eigenvalue weighted by molar-refractivity contribution is 7.92. The molecule has 1 heterocycles. The Kier molecular flexibility index (Phi) is 6.29. The first kappa shape index (κ1) is 22.7. The van der Waals surface area contributed by atoms with Crippen molar-refractivity contribution in [2.75, 3.05) is 23.0 Å². The molecule has 0 saturated heterocycles. The van der Waals surface area contributed by atoms with E-state index in [0.717, 1.165) is 15.4 Å². The van der Waals surface area contributed by atoms with Gasteiger partial charge in [-0.2, -0.15) is 0 Å². The summed E-state index contributed by atoms with van der Waals surface area (Å²) in [6.45, 7) is 5.76. The Balaban J connectivity index is 1.63. The predicted molar refractivity (Wildman–Crippen MR) is 127 cm³/mol. The fraction of sp³-hybridized carbons (Fsp3) is 0.240. The summed E-state index contributed by atoms with van der Waals surface area (Å²) in [5.41, 5.74) is 2.94. The van der Waals surface area contributed by atoms with E-state index < -0.39 is 15.9 Å². The number of hydrogen-bond acceptors (Lipinski definition) is 5. The minimum absolute atomic E-state index is 0.122. The maximum absolute atomic E-state index is 13.5. The fourth-order valence-corrected chi connectivity index (χ4v) is 4.90. The standard InChI is InChI=1S/C25H26N2O5S/c1-17(2)19-6-9-21(10-7-19)27(33(29,30)22-11-4-18(3)5-12-22)15-25(28)26-20-8-13-23-24(14-20)32-16-31-23/h4-14,17H,15-16H2,1-3H3,(H,26,28). The van der Waals surface area contributed by atoms with Gasteiger partial charge in [0, 0.05) is 11.8 Å². The van der Waals surface area contributed by atoms with Crippen molar-refractivity contribution >= 4 is 27.3 Å². The van der Waals surface area contributed by atoms with Crippen LogP contribution < -0.4 is 19.1 Å². The molecule has 0 fully saturated rings. The minimum atomic E-state index is -3.97. The van der Waals surface area contributed by atoms with E-state index in [2.05, 4.69) is 19.2 Å². The van der Waals surface area contributed by atoms with Crippen LogP contribution in [-0.4, -0.2) is 27.7 Å². The van der Waals surface area contributed by atoms with Crippen LogP contribution in [-0.2, 0) is 14.8 Å². The van der Waals surface area contributed by atoms with E-state index in [4.69, 9.17) is 9.47 Å². The molecule has 1 aliphatic rings. The number of nitrogens with one attached hydrogen (secondary N) is 1. The zero-order valence-corrected chi connectivity index (χ0v) is 19.6. The molecule has 0 spiro atoms. The van der Waals surface area contributed by atoms with Gasteiger partial charge in [0.05, 0.1) is 10.6 Å². The Morgan fingerprint density at radius 2 is 1.64 bits per heavy atom. The summed E-state index contributed by atoms with van der Waals surface area (Å²) >= 11 is 0. The van der Waals surface area contributed by atoms with Crippen LogP contribution in [0.1, 0.15) is 30.9 Å². The van der Waals surface area contributed by atoms with Crippen molar-refractivity contribution in [3.8, 4) is 11.5 Å². The van der Waals surface area contributed by atoms with Crippen LogP contribution >= 0.6 is 0 Å². The smallest absolute Gasteiger partial charge is 0.264 e. The van der Waals surface area contributed by atoms with E-state index in [1.807, 2.05) is 19.1 Å². The second kappa shape index (κ2) is 9.15. The largest absolute Gasteiger partial charge is 0.454 e. The molecule has 3 aromatic carbocycles. The predicted octanol–water partition coefficient (Wildman–Crippen LogP) is 4.68. The first-order valence-electron chi connectivity index (χ1n) is 10.6. The maximum Gasteiger partial charge on any atom is 0.264 e. The summed E-state index contributed by atoms with van der Waals surface area (Å²) in [5, 5.41) is 2.75. The maximum atomic E-state index is 13.5. The Morgan fingerprint density at radius 1 is 0.970 bits per heavy atom. The third kappa shape index (κ3) is 4.96. The van der Waals surface area contributed by atoms with Crippen molar-refractivity contribution in [2.24, 2.45) is 0 Å². The molecule has 0 aliphatic carbocycles. The Hall–Kier alpha value is -3.52. The molecule has 172 valence electrons. The number of hydrogen-bond donors (Lipinski definition) is 1. The average molecular weight is 467 g/mol. The third-order valence-corrected chi connectivity index (χ3v) is 7.19. The van der Waals surface area contributed by atoms with Gasteiger partial charge in [-0.25, -0.2) is 8.42 Å². The molecule has 3 aromatic rings. The van der Waals surface area contributed by atoms with E-state index >= 15 is 0 Å². The molecule has 8 heteroatoms. The lowest BCUT2D eigenvalue weighted by Crippen LogP contribution is -2.38. The summed E-state index contributed by atoms with van der Waals surface area (Å²) in [7, 11) is -3.97. The molecular formula is C25H26N2O5S. The Morgan fingerprint density at radius 3 is 2.30 bits per heavy atom. The monoisotopic (exact) mass is 466 g/mol. The van der Waals surface area contributed by atoms with Gasteiger partial charge in [-0.1, -0.05) is 43.7 Å². The Labute approximate surface area is 194 Å². The van der Waals surface area contributed by atoms with Crippen molar-refractivity contribution in [1.29, 1.82) is 0 Å². The Bertz CT molecular complexity index is 1250. The van der Waals surface area contributed by atoms with Gasteiger partial charge < -0.3 is 14.8 Å². The SMILES string of the molecule is Cc1ccc(S(=O)(=O)N(CC(=O)Nc2ccc3c(c2)OCO3)c2ccc(C(C)C)cc2)cc1. The van der Waals surface area contributed by atoms with Crippen molar-refractivity contribution in [3.63, 3.8) is 0 Å². The van der Waals surface area contributed by atoms with Crippen molar-refractivity contribution < 1.29 is 22.7 Å². The van der Waals surface area contributed by atoms with Gasteiger partial charge in [0.1, 0.15) is 6.54 Å². The van der Waals surface area contributed by atoms with Crippen LogP contribution in [0.4, 0.5) is 11.4 Å². The average Bonchev–Trinajstić information content (AvgIpc) is 3.26. The number of fused-ring (bicyclic) bond motifs is 1. The number of aryl methyl sites for hydroxylation is 1. The number of carbonyl (C=O) groups excluding carboxylic acids is 1. The number of nitrogens with zero attached hydrogens (tertiary/aromatic N) is 1. The minimum Gasteiger partial charge on any atom is -0.454 e. The first-order chi connectivity index (χ1) is 15.7. The lowest BCUT2D eigenvalue weighted by atomic mass is 10.0. The molecule has 0 unspecified atom stereocenters. The van der Waals surface area contributed by atoms with E-state index in [-0.39, 0.29) is 18.2 Å². The van der Waals surface area contributed by atoms with Gasteiger partial charge in [-0.3, -0.25) is 9.10 Å². The summed E-state index contributed by atoms with van der Waals surface area (Å²) in [6.07, 6.45) is 0. The molecule has 4 rings (SSSR count). The molecule has 1 amide bonds. The van der Waals surface area contributed by atoms with E-state index in [9.17, 15) is 13.2 Å². The molecule has 33 heavy (non-hydrogen) atoms. The van der Waals surface area contributed by atoms with Gasteiger partial charge in [-0.05, 0) is 54.8 Å². The molecule has 0 radical (unpaired) electrons. The van der Waals surface area contributed by atoms with Gasteiger partial charge in [0.25, 0.3) is 10.0 Å². The first-order valence-corrected chi connectivity index (χ1v) is 12.1.